The summed E-state index contributed by atoms with van der Waals surface area (Å²) in [5.41, 5.74) is 2.14. The normalized spacial score (nSPS) is 16.4. The molecular formula is C16H19F3N6O2. The van der Waals surface area contributed by atoms with Crippen LogP contribution in [0.3, 0.4) is 0 Å². The topological polar surface area (TPSA) is 83.5 Å². The van der Waals surface area contributed by atoms with Crippen LogP contribution in [0.1, 0.15) is 36.0 Å². The molecule has 27 heavy (non-hydrogen) atoms. The zero-order chi connectivity index (χ0) is 19.8. The van der Waals surface area contributed by atoms with E-state index in [0.717, 1.165) is 6.39 Å². The van der Waals surface area contributed by atoms with Crippen LogP contribution in [0.4, 0.5) is 13.2 Å². The minimum Gasteiger partial charge on any atom is -0.493 e. The smallest absolute Gasteiger partial charge is 0.389 e. The SMILES string of the molecule is Cc1nnn(C)c1C1=CN(C(CCC(F)(F)F)c2cocn2)C=C(O)N1C. The highest BCUT2D eigenvalue weighted by Gasteiger charge is 2.33. The first-order chi connectivity index (χ1) is 12.7. The zero-order valence-electron chi connectivity index (χ0n) is 15.0. The van der Waals surface area contributed by atoms with Crippen molar-refractivity contribution < 1.29 is 22.7 Å². The molecule has 0 aliphatic carbocycles. The molecule has 1 aliphatic heterocycles. The Kier molecular flexibility index (Phi) is 4.85. The van der Waals surface area contributed by atoms with Crippen molar-refractivity contribution in [1.29, 1.82) is 0 Å². The van der Waals surface area contributed by atoms with Crippen molar-refractivity contribution in [2.45, 2.75) is 32.0 Å². The number of aliphatic hydroxyl groups is 1. The highest BCUT2D eigenvalue weighted by atomic mass is 19.4. The minimum absolute atomic E-state index is 0.131. The van der Waals surface area contributed by atoms with Crippen molar-refractivity contribution in [3.63, 3.8) is 0 Å². The van der Waals surface area contributed by atoms with Gasteiger partial charge in [-0.25, -0.2) is 9.67 Å². The van der Waals surface area contributed by atoms with Crippen LogP contribution < -0.4 is 0 Å². The van der Waals surface area contributed by atoms with Crippen molar-refractivity contribution in [3.05, 3.63) is 48.0 Å². The lowest BCUT2D eigenvalue weighted by atomic mass is 10.1. The minimum atomic E-state index is -4.31. The van der Waals surface area contributed by atoms with Crippen LogP contribution in [0.25, 0.3) is 5.70 Å². The van der Waals surface area contributed by atoms with E-state index in [2.05, 4.69) is 15.3 Å². The number of rotatable bonds is 5. The molecular weight excluding hydrogens is 365 g/mol. The molecule has 1 unspecified atom stereocenters. The Morgan fingerprint density at radius 3 is 2.56 bits per heavy atom. The van der Waals surface area contributed by atoms with Crippen LogP contribution in [0.2, 0.25) is 0 Å². The van der Waals surface area contributed by atoms with E-state index in [4.69, 9.17) is 4.42 Å². The lowest BCUT2D eigenvalue weighted by molar-refractivity contribution is -0.137. The average molecular weight is 384 g/mol. The van der Waals surface area contributed by atoms with Gasteiger partial charge in [0.1, 0.15) is 17.7 Å². The quantitative estimate of drug-likeness (QED) is 0.848. The summed E-state index contributed by atoms with van der Waals surface area (Å²) in [5, 5.41) is 18.3. The third-order valence-corrected chi connectivity index (χ3v) is 4.33. The van der Waals surface area contributed by atoms with Crippen molar-refractivity contribution in [2.75, 3.05) is 7.05 Å². The van der Waals surface area contributed by atoms with E-state index in [1.54, 1.807) is 27.2 Å². The summed E-state index contributed by atoms with van der Waals surface area (Å²) >= 11 is 0. The van der Waals surface area contributed by atoms with Crippen LogP contribution in [-0.4, -0.2) is 48.1 Å². The molecule has 0 spiro atoms. The fraction of sp³-hybridized carbons (Fsp3) is 0.438. The number of halogens is 3. The first-order valence-electron chi connectivity index (χ1n) is 8.12. The van der Waals surface area contributed by atoms with Gasteiger partial charge in [0.05, 0.1) is 23.6 Å². The van der Waals surface area contributed by atoms with Gasteiger partial charge in [0.15, 0.2) is 6.39 Å². The highest BCUT2D eigenvalue weighted by molar-refractivity contribution is 5.64. The van der Waals surface area contributed by atoms with Gasteiger partial charge in [-0.15, -0.1) is 5.10 Å². The summed E-state index contributed by atoms with van der Waals surface area (Å²) < 4.78 is 44.9. The Bertz CT molecular complexity index is 837. The van der Waals surface area contributed by atoms with Gasteiger partial charge >= 0.3 is 6.18 Å². The maximum atomic E-state index is 12.8. The Morgan fingerprint density at radius 1 is 1.26 bits per heavy atom. The number of aryl methyl sites for hydroxylation is 2. The molecule has 8 nitrogen and oxygen atoms in total. The van der Waals surface area contributed by atoms with E-state index in [0.29, 0.717) is 22.8 Å². The van der Waals surface area contributed by atoms with Crippen molar-refractivity contribution >= 4 is 5.70 Å². The lowest BCUT2D eigenvalue weighted by Gasteiger charge is -2.34. The first-order valence-corrected chi connectivity index (χ1v) is 8.12. The molecule has 11 heteroatoms. The molecule has 2 aromatic heterocycles. The third kappa shape index (κ3) is 3.91. The number of hydrogen-bond acceptors (Lipinski definition) is 7. The van der Waals surface area contributed by atoms with Gasteiger partial charge in [-0.2, -0.15) is 13.2 Å². The molecule has 0 saturated carbocycles. The van der Waals surface area contributed by atoms with Gasteiger partial charge in [0.25, 0.3) is 0 Å². The Morgan fingerprint density at radius 2 is 2.00 bits per heavy atom. The van der Waals surface area contributed by atoms with Crippen LogP contribution in [0.15, 0.2) is 35.4 Å². The molecule has 2 aromatic rings. The van der Waals surface area contributed by atoms with Crippen LogP contribution in [-0.2, 0) is 7.05 Å². The molecule has 0 amide bonds. The predicted molar refractivity (Wildman–Crippen MR) is 88.6 cm³/mol. The number of oxazole rings is 1. The average Bonchev–Trinajstić information content (AvgIpc) is 3.21. The number of hydrogen-bond donors (Lipinski definition) is 1. The Balaban J connectivity index is 2.00. The summed E-state index contributed by atoms with van der Waals surface area (Å²) in [6, 6.07) is -0.766. The molecule has 3 heterocycles. The molecule has 3 rings (SSSR count). The van der Waals surface area contributed by atoms with E-state index in [1.807, 2.05) is 0 Å². The van der Waals surface area contributed by atoms with Gasteiger partial charge in [0.2, 0.25) is 5.88 Å². The molecule has 146 valence electrons. The summed E-state index contributed by atoms with van der Waals surface area (Å²) in [6.07, 6.45) is -0.101. The summed E-state index contributed by atoms with van der Waals surface area (Å²) in [5.74, 6) is -0.131. The summed E-state index contributed by atoms with van der Waals surface area (Å²) in [4.78, 5) is 7.01. The number of nitrogens with zero attached hydrogens (tertiary/aromatic N) is 6. The zero-order valence-corrected chi connectivity index (χ0v) is 15.0. The van der Waals surface area contributed by atoms with Crippen LogP contribution in [0.5, 0.6) is 0 Å². The molecule has 1 N–H and O–H groups in total. The molecule has 1 aliphatic rings. The van der Waals surface area contributed by atoms with E-state index >= 15 is 0 Å². The highest BCUT2D eigenvalue weighted by Crippen LogP contribution is 2.35. The largest absolute Gasteiger partial charge is 0.493 e. The van der Waals surface area contributed by atoms with E-state index in [1.165, 1.54) is 26.9 Å². The van der Waals surface area contributed by atoms with E-state index in [9.17, 15) is 18.3 Å². The number of alkyl halides is 3. The first kappa shape index (κ1) is 18.8. The lowest BCUT2D eigenvalue weighted by Crippen LogP contribution is -2.30. The van der Waals surface area contributed by atoms with Gasteiger partial charge in [-0.1, -0.05) is 5.21 Å². The van der Waals surface area contributed by atoms with Crippen molar-refractivity contribution in [1.82, 2.24) is 29.8 Å². The fourth-order valence-electron chi connectivity index (χ4n) is 2.96. The monoisotopic (exact) mass is 384 g/mol. The number of aliphatic hydroxyl groups excluding tert-OH is 1. The van der Waals surface area contributed by atoms with E-state index < -0.39 is 18.6 Å². The second-order valence-electron chi connectivity index (χ2n) is 6.24. The van der Waals surface area contributed by atoms with Crippen LogP contribution in [0, 0.1) is 6.92 Å². The van der Waals surface area contributed by atoms with Crippen LogP contribution >= 0.6 is 0 Å². The van der Waals surface area contributed by atoms with Gasteiger partial charge < -0.3 is 19.3 Å². The summed E-state index contributed by atoms with van der Waals surface area (Å²) in [7, 11) is 3.34. The Labute approximate surface area is 153 Å². The third-order valence-electron chi connectivity index (χ3n) is 4.33. The van der Waals surface area contributed by atoms with Crippen molar-refractivity contribution in [3.8, 4) is 0 Å². The summed E-state index contributed by atoms with van der Waals surface area (Å²) in [6.45, 7) is 1.76. The predicted octanol–water partition coefficient (Wildman–Crippen LogP) is 3.10. The van der Waals surface area contributed by atoms with E-state index in [-0.39, 0.29) is 12.3 Å². The fourth-order valence-corrected chi connectivity index (χ4v) is 2.96. The Hall–Kier alpha value is -2.98. The molecule has 0 fully saturated rings. The van der Waals surface area contributed by atoms with Gasteiger partial charge in [-0.3, -0.25) is 0 Å². The molecule has 1 atom stereocenters. The molecule has 0 radical (unpaired) electrons. The molecule has 0 bridgehead atoms. The maximum absolute atomic E-state index is 12.8. The number of aromatic nitrogens is 4. The second kappa shape index (κ2) is 6.97. The van der Waals surface area contributed by atoms with Crippen molar-refractivity contribution in [2.24, 2.45) is 7.05 Å². The maximum Gasteiger partial charge on any atom is 0.389 e. The van der Waals surface area contributed by atoms with Gasteiger partial charge in [-0.05, 0) is 13.3 Å². The second-order valence-corrected chi connectivity index (χ2v) is 6.24. The standard InChI is InChI=1S/C16H19F3N6O2/c1-10-15(24(3)22-21-10)13-6-25(7-14(26)23(13)2)12(4-5-16(17,18)19)11-8-27-9-20-11/h6-9,12,26H,4-5H2,1-3H3. The molecule has 0 aromatic carbocycles. The molecule has 0 saturated heterocycles. The van der Waals surface area contributed by atoms with Gasteiger partial charge in [0, 0.05) is 26.7 Å².